The second kappa shape index (κ2) is 9.01. The van der Waals surface area contributed by atoms with Gasteiger partial charge in [0.05, 0.1) is 27.9 Å². The molecule has 10 nitrogen and oxygen atoms in total. The van der Waals surface area contributed by atoms with E-state index in [1.807, 2.05) is 0 Å². The standard InChI is InChI=1S/C16H21N5O5S2/c1-19-6-4-17-16(19)27-15-3-2-13(12-14(15)21(22)23)28(24,25)18-5-7-20-8-10-26-11-9-20/h2-4,6,12,18H,5,7-11H2,1H3. The van der Waals surface area contributed by atoms with Gasteiger partial charge in [-0.15, -0.1) is 0 Å². The molecule has 0 atom stereocenters. The largest absolute Gasteiger partial charge is 0.379 e. The lowest BCUT2D eigenvalue weighted by atomic mass is 10.3. The zero-order chi connectivity index (χ0) is 20.1. The van der Waals surface area contributed by atoms with Gasteiger partial charge in [0.25, 0.3) is 5.69 Å². The first-order chi connectivity index (χ1) is 13.4. The minimum Gasteiger partial charge on any atom is -0.379 e. The summed E-state index contributed by atoms with van der Waals surface area (Å²) in [5.74, 6) is 0. The van der Waals surface area contributed by atoms with Crippen LogP contribution in [-0.4, -0.2) is 67.2 Å². The highest BCUT2D eigenvalue weighted by Crippen LogP contribution is 2.35. The number of hydrogen-bond acceptors (Lipinski definition) is 8. The number of rotatable bonds is 8. The molecule has 1 saturated heterocycles. The van der Waals surface area contributed by atoms with E-state index in [4.69, 9.17) is 4.74 Å². The summed E-state index contributed by atoms with van der Waals surface area (Å²) in [6.45, 7) is 3.55. The maximum Gasteiger partial charge on any atom is 0.284 e. The quantitative estimate of drug-likeness (QED) is 0.491. The lowest BCUT2D eigenvalue weighted by Crippen LogP contribution is -2.41. The van der Waals surface area contributed by atoms with Crippen molar-refractivity contribution in [1.29, 1.82) is 0 Å². The third-order valence-electron chi connectivity index (χ3n) is 4.24. The number of aromatic nitrogens is 2. The predicted molar refractivity (Wildman–Crippen MR) is 103 cm³/mol. The number of nitro groups is 1. The summed E-state index contributed by atoms with van der Waals surface area (Å²) in [6, 6.07) is 3.89. The molecular formula is C16H21N5O5S2. The van der Waals surface area contributed by atoms with Gasteiger partial charge < -0.3 is 9.30 Å². The van der Waals surface area contributed by atoms with E-state index in [2.05, 4.69) is 14.6 Å². The molecule has 1 fully saturated rings. The van der Waals surface area contributed by atoms with E-state index in [1.54, 1.807) is 24.0 Å². The van der Waals surface area contributed by atoms with Crippen molar-refractivity contribution >= 4 is 27.5 Å². The first-order valence-electron chi connectivity index (χ1n) is 8.60. The van der Waals surface area contributed by atoms with Crippen LogP contribution in [-0.2, 0) is 21.8 Å². The highest BCUT2D eigenvalue weighted by Gasteiger charge is 2.23. The molecule has 2 heterocycles. The van der Waals surface area contributed by atoms with E-state index >= 15 is 0 Å². The number of imidazole rings is 1. The van der Waals surface area contributed by atoms with Gasteiger partial charge in [-0.3, -0.25) is 15.0 Å². The average molecular weight is 428 g/mol. The molecule has 1 aliphatic heterocycles. The van der Waals surface area contributed by atoms with E-state index < -0.39 is 14.9 Å². The van der Waals surface area contributed by atoms with Crippen LogP contribution < -0.4 is 4.72 Å². The number of nitrogens with zero attached hydrogens (tertiary/aromatic N) is 4. The van der Waals surface area contributed by atoms with Crippen LogP contribution in [0, 0.1) is 10.1 Å². The number of hydrogen-bond donors (Lipinski definition) is 1. The van der Waals surface area contributed by atoms with Crippen molar-refractivity contribution in [2.45, 2.75) is 14.9 Å². The van der Waals surface area contributed by atoms with Gasteiger partial charge in [-0.05, 0) is 23.9 Å². The topological polar surface area (TPSA) is 120 Å². The molecule has 28 heavy (non-hydrogen) atoms. The molecule has 0 bridgehead atoms. The number of morpholine rings is 1. The molecule has 1 aromatic heterocycles. The van der Waals surface area contributed by atoms with E-state index in [-0.39, 0.29) is 17.1 Å². The van der Waals surface area contributed by atoms with Gasteiger partial charge in [-0.2, -0.15) is 0 Å². The van der Waals surface area contributed by atoms with Crippen LogP contribution in [0.3, 0.4) is 0 Å². The van der Waals surface area contributed by atoms with Crippen LogP contribution in [0.15, 0.2) is 45.5 Å². The molecule has 2 aromatic rings. The molecule has 152 valence electrons. The summed E-state index contributed by atoms with van der Waals surface area (Å²) in [4.78, 5) is 17.3. The number of ether oxygens (including phenoxy) is 1. The fourth-order valence-electron chi connectivity index (χ4n) is 2.69. The summed E-state index contributed by atoms with van der Waals surface area (Å²) in [5, 5.41) is 12.0. The van der Waals surface area contributed by atoms with E-state index in [0.29, 0.717) is 29.8 Å². The number of aryl methyl sites for hydroxylation is 1. The van der Waals surface area contributed by atoms with Crippen molar-refractivity contribution in [3.8, 4) is 0 Å². The van der Waals surface area contributed by atoms with Gasteiger partial charge in [-0.1, -0.05) is 0 Å². The van der Waals surface area contributed by atoms with Gasteiger partial charge >= 0.3 is 0 Å². The Bertz CT molecular complexity index is 941. The number of nitrogens with one attached hydrogen (secondary N) is 1. The second-order valence-electron chi connectivity index (χ2n) is 6.16. The van der Waals surface area contributed by atoms with E-state index in [9.17, 15) is 18.5 Å². The summed E-state index contributed by atoms with van der Waals surface area (Å²) < 4.78 is 34.6. The Labute approximate surface area is 167 Å². The third-order valence-corrected chi connectivity index (χ3v) is 6.84. The zero-order valence-electron chi connectivity index (χ0n) is 15.3. The monoisotopic (exact) mass is 427 g/mol. The van der Waals surface area contributed by atoms with Crippen molar-refractivity contribution in [2.75, 3.05) is 39.4 Å². The molecule has 0 spiro atoms. The molecule has 3 rings (SSSR count). The fraction of sp³-hybridized carbons (Fsp3) is 0.438. The molecule has 0 aliphatic carbocycles. The Hall–Kier alpha value is -1.99. The van der Waals surface area contributed by atoms with Crippen molar-refractivity contribution < 1.29 is 18.1 Å². The maximum absolute atomic E-state index is 12.5. The maximum atomic E-state index is 12.5. The van der Waals surface area contributed by atoms with Crippen LogP contribution in [0.25, 0.3) is 0 Å². The van der Waals surface area contributed by atoms with Crippen molar-refractivity contribution in [2.24, 2.45) is 7.05 Å². The second-order valence-corrected chi connectivity index (χ2v) is 8.94. The number of nitro benzene ring substituents is 1. The van der Waals surface area contributed by atoms with Gasteiger partial charge in [0.15, 0.2) is 5.16 Å². The Morgan fingerprint density at radius 2 is 2.11 bits per heavy atom. The van der Waals surface area contributed by atoms with Crippen molar-refractivity contribution in [3.05, 3.63) is 40.7 Å². The Balaban J connectivity index is 1.72. The molecule has 12 heteroatoms. The van der Waals surface area contributed by atoms with Gasteiger partial charge in [-0.25, -0.2) is 18.1 Å². The van der Waals surface area contributed by atoms with E-state index in [1.165, 1.54) is 12.1 Å². The number of benzene rings is 1. The Morgan fingerprint density at radius 1 is 1.36 bits per heavy atom. The summed E-state index contributed by atoms with van der Waals surface area (Å²) in [7, 11) is -2.07. The smallest absolute Gasteiger partial charge is 0.284 e. The molecular weight excluding hydrogens is 406 g/mol. The average Bonchev–Trinajstić information content (AvgIpc) is 3.07. The Morgan fingerprint density at radius 3 is 2.75 bits per heavy atom. The van der Waals surface area contributed by atoms with Crippen LogP contribution >= 0.6 is 11.8 Å². The molecule has 1 N–H and O–H groups in total. The van der Waals surface area contributed by atoms with E-state index in [0.717, 1.165) is 30.9 Å². The van der Waals surface area contributed by atoms with Crippen LogP contribution in [0.2, 0.25) is 0 Å². The zero-order valence-corrected chi connectivity index (χ0v) is 16.9. The lowest BCUT2D eigenvalue weighted by Gasteiger charge is -2.26. The van der Waals surface area contributed by atoms with Gasteiger partial charge in [0, 0.05) is 51.7 Å². The summed E-state index contributed by atoms with van der Waals surface area (Å²) in [6.07, 6.45) is 3.32. The van der Waals surface area contributed by atoms with Crippen LogP contribution in [0.5, 0.6) is 0 Å². The van der Waals surface area contributed by atoms with Crippen molar-refractivity contribution in [3.63, 3.8) is 0 Å². The number of sulfonamides is 1. The lowest BCUT2D eigenvalue weighted by molar-refractivity contribution is -0.388. The summed E-state index contributed by atoms with van der Waals surface area (Å²) >= 11 is 1.11. The summed E-state index contributed by atoms with van der Waals surface area (Å²) in [5.41, 5.74) is -0.274. The molecule has 1 aromatic carbocycles. The SMILES string of the molecule is Cn1ccnc1Sc1ccc(S(=O)(=O)NCCN2CCOCC2)cc1[N+](=O)[O-]. The minimum atomic E-state index is -3.85. The normalized spacial score (nSPS) is 15.6. The molecule has 0 saturated carbocycles. The van der Waals surface area contributed by atoms with Crippen LogP contribution in [0.4, 0.5) is 5.69 Å². The first-order valence-corrected chi connectivity index (χ1v) is 10.9. The molecule has 0 unspecified atom stereocenters. The van der Waals surface area contributed by atoms with Crippen LogP contribution in [0.1, 0.15) is 0 Å². The first kappa shape index (κ1) is 20.7. The van der Waals surface area contributed by atoms with Gasteiger partial charge in [0.2, 0.25) is 10.0 Å². The Kier molecular flexibility index (Phi) is 6.67. The molecule has 0 amide bonds. The highest BCUT2D eigenvalue weighted by atomic mass is 32.2. The highest BCUT2D eigenvalue weighted by molar-refractivity contribution is 7.99. The minimum absolute atomic E-state index is 0.134. The molecule has 1 aliphatic rings. The van der Waals surface area contributed by atoms with Gasteiger partial charge in [0.1, 0.15) is 0 Å². The third kappa shape index (κ3) is 5.08. The molecule has 0 radical (unpaired) electrons. The fourth-order valence-corrected chi connectivity index (χ4v) is 4.62. The van der Waals surface area contributed by atoms with Crippen molar-refractivity contribution in [1.82, 2.24) is 19.2 Å². The predicted octanol–water partition coefficient (Wildman–Crippen LogP) is 1.09.